The zero-order valence-corrected chi connectivity index (χ0v) is 13.9. The molecule has 1 atom stereocenters. The number of rotatable bonds is 3. The number of carbonyl (C=O) groups excluding carboxylic acids is 1. The van der Waals surface area contributed by atoms with Crippen LogP contribution in [0, 0.1) is 0 Å². The quantitative estimate of drug-likeness (QED) is 0.859. The van der Waals surface area contributed by atoms with Gasteiger partial charge in [0.05, 0.1) is 6.54 Å². The van der Waals surface area contributed by atoms with Gasteiger partial charge >= 0.3 is 0 Å². The molecule has 7 nitrogen and oxygen atoms in total. The molecule has 1 aromatic carbocycles. The highest BCUT2D eigenvalue weighted by atomic mass is 16.3. The first-order valence-electron chi connectivity index (χ1n) is 8.47. The molecule has 0 radical (unpaired) electrons. The molecule has 2 aliphatic rings. The van der Waals surface area contributed by atoms with E-state index in [2.05, 4.69) is 27.0 Å². The van der Waals surface area contributed by atoms with E-state index in [9.17, 15) is 9.90 Å². The number of nitrogens with two attached hydrogens (primary N) is 1. The monoisotopic (exact) mass is 339 g/mol. The number of aliphatic hydroxyl groups is 1. The summed E-state index contributed by atoms with van der Waals surface area (Å²) in [5.41, 5.74) is 6.46. The van der Waals surface area contributed by atoms with Crippen LogP contribution in [0.4, 0.5) is 11.8 Å². The molecule has 2 aromatic rings. The predicted octanol–water partition coefficient (Wildman–Crippen LogP) is 0.813. The highest BCUT2D eigenvalue weighted by Crippen LogP contribution is 2.29. The van der Waals surface area contributed by atoms with Crippen molar-refractivity contribution in [1.29, 1.82) is 0 Å². The van der Waals surface area contributed by atoms with Gasteiger partial charge in [-0.1, -0.05) is 24.3 Å². The average molecular weight is 339 g/mol. The summed E-state index contributed by atoms with van der Waals surface area (Å²) < 4.78 is 0. The second-order valence-electron chi connectivity index (χ2n) is 6.76. The van der Waals surface area contributed by atoms with Gasteiger partial charge in [-0.3, -0.25) is 4.79 Å². The van der Waals surface area contributed by atoms with Gasteiger partial charge < -0.3 is 20.6 Å². The Morgan fingerprint density at radius 3 is 2.56 bits per heavy atom. The molecular weight excluding hydrogens is 318 g/mol. The van der Waals surface area contributed by atoms with E-state index in [1.165, 1.54) is 11.1 Å². The summed E-state index contributed by atoms with van der Waals surface area (Å²) in [6, 6.07) is 10.3. The first kappa shape index (κ1) is 15.8. The standard InChI is InChI=1S/C18H21N5O2/c19-16(24)18(25)7-3-9-22(12-18)17-20-8-6-15(21-17)23-10-13-4-1-2-5-14(13)11-23/h1-2,4-6,8,25H,3,7,9-12H2,(H2,19,24). The van der Waals surface area contributed by atoms with E-state index in [0.717, 1.165) is 18.9 Å². The number of primary amides is 1. The summed E-state index contributed by atoms with van der Waals surface area (Å²) in [6.07, 6.45) is 2.76. The molecule has 0 aliphatic carbocycles. The molecule has 1 unspecified atom stereocenters. The van der Waals surface area contributed by atoms with Gasteiger partial charge in [0.25, 0.3) is 5.91 Å². The molecule has 130 valence electrons. The van der Waals surface area contributed by atoms with Gasteiger partial charge in [0.2, 0.25) is 5.95 Å². The van der Waals surface area contributed by atoms with Crippen LogP contribution in [-0.2, 0) is 17.9 Å². The third kappa shape index (κ3) is 2.91. The third-order valence-corrected chi connectivity index (χ3v) is 5.01. The lowest BCUT2D eigenvalue weighted by Gasteiger charge is -2.37. The molecular formula is C18H21N5O2. The van der Waals surface area contributed by atoms with E-state index in [4.69, 9.17) is 5.73 Å². The normalized spacial score (nSPS) is 22.8. The maximum absolute atomic E-state index is 11.6. The zero-order valence-electron chi connectivity index (χ0n) is 13.9. The van der Waals surface area contributed by atoms with E-state index in [-0.39, 0.29) is 6.54 Å². The Morgan fingerprint density at radius 1 is 1.16 bits per heavy atom. The van der Waals surface area contributed by atoms with E-state index >= 15 is 0 Å². The molecule has 7 heteroatoms. The number of piperidine rings is 1. The summed E-state index contributed by atoms with van der Waals surface area (Å²) in [5, 5.41) is 10.4. The van der Waals surface area contributed by atoms with Crippen molar-refractivity contribution in [2.24, 2.45) is 5.73 Å². The third-order valence-electron chi connectivity index (χ3n) is 5.01. The topological polar surface area (TPSA) is 95.6 Å². The molecule has 0 bridgehead atoms. The molecule has 0 spiro atoms. The Labute approximate surface area is 146 Å². The predicted molar refractivity (Wildman–Crippen MR) is 94.0 cm³/mol. The smallest absolute Gasteiger partial charge is 0.251 e. The summed E-state index contributed by atoms with van der Waals surface area (Å²) in [7, 11) is 0. The fraction of sp³-hybridized carbons (Fsp3) is 0.389. The molecule has 1 aromatic heterocycles. The number of fused-ring (bicyclic) bond motifs is 1. The molecule has 25 heavy (non-hydrogen) atoms. The molecule has 1 amide bonds. The first-order valence-corrected chi connectivity index (χ1v) is 8.47. The highest BCUT2D eigenvalue weighted by molar-refractivity contribution is 5.84. The van der Waals surface area contributed by atoms with E-state index in [0.29, 0.717) is 25.3 Å². The SMILES string of the molecule is NC(=O)C1(O)CCCN(c2nccc(N3Cc4ccccc4C3)n2)C1. The van der Waals surface area contributed by atoms with Gasteiger partial charge in [-0.15, -0.1) is 0 Å². The van der Waals surface area contributed by atoms with Crippen molar-refractivity contribution in [2.75, 3.05) is 22.9 Å². The molecule has 0 saturated carbocycles. The van der Waals surface area contributed by atoms with Crippen molar-refractivity contribution >= 4 is 17.7 Å². The van der Waals surface area contributed by atoms with Gasteiger partial charge in [0.1, 0.15) is 5.82 Å². The van der Waals surface area contributed by atoms with Gasteiger partial charge in [-0.2, -0.15) is 4.98 Å². The van der Waals surface area contributed by atoms with Gasteiger partial charge in [-0.05, 0) is 30.0 Å². The van der Waals surface area contributed by atoms with E-state index in [1.54, 1.807) is 6.20 Å². The molecule has 1 saturated heterocycles. The van der Waals surface area contributed by atoms with Crippen LogP contribution >= 0.6 is 0 Å². The van der Waals surface area contributed by atoms with Crippen LogP contribution in [0.25, 0.3) is 0 Å². The van der Waals surface area contributed by atoms with Gasteiger partial charge in [0.15, 0.2) is 5.60 Å². The van der Waals surface area contributed by atoms with Crippen molar-refractivity contribution in [3.05, 3.63) is 47.7 Å². The molecule has 3 N–H and O–H groups in total. The zero-order chi connectivity index (χ0) is 17.4. The number of anilines is 2. The number of hydrogen-bond donors (Lipinski definition) is 2. The number of amides is 1. The van der Waals surface area contributed by atoms with Crippen LogP contribution in [0.15, 0.2) is 36.5 Å². The molecule has 2 aliphatic heterocycles. The van der Waals surface area contributed by atoms with Crippen LogP contribution in [0.5, 0.6) is 0 Å². The fourth-order valence-corrected chi connectivity index (χ4v) is 3.57. The van der Waals surface area contributed by atoms with Gasteiger partial charge in [-0.25, -0.2) is 4.98 Å². The summed E-state index contributed by atoms with van der Waals surface area (Å²) in [4.78, 5) is 24.6. The van der Waals surface area contributed by atoms with Crippen molar-refractivity contribution in [3.63, 3.8) is 0 Å². The average Bonchev–Trinajstić information content (AvgIpc) is 3.06. The number of carbonyl (C=O) groups is 1. The number of aromatic nitrogens is 2. The van der Waals surface area contributed by atoms with Crippen LogP contribution in [0.3, 0.4) is 0 Å². The minimum atomic E-state index is -1.51. The number of hydrogen-bond acceptors (Lipinski definition) is 6. The maximum Gasteiger partial charge on any atom is 0.251 e. The lowest BCUT2D eigenvalue weighted by molar-refractivity contribution is -0.137. The number of β-amino-alcohol motifs (C(OH)–C–C–N with tert-alkyl or cyclic N) is 1. The van der Waals surface area contributed by atoms with Crippen molar-refractivity contribution < 1.29 is 9.90 Å². The largest absolute Gasteiger partial charge is 0.378 e. The van der Waals surface area contributed by atoms with Crippen molar-refractivity contribution in [1.82, 2.24) is 9.97 Å². The second-order valence-corrected chi connectivity index (χ2v) is 6.76. The van der Waals surface area contributed by atoms with Crippen LogP contribution in [0.1, 0.15) is 24.0 Å². The Balaban J connectivity index is 1.55. The molecule has 3 heterocycles. The van der Waals surface area contributed by atoms with Crippen LogP contribution < -0.4 is 15.5 Å². The fourth-order valence-electron chi connectivity index (χ4n) is 3.57. The lowest BCUT2D eigenvalue weighted by atomic mass is 9.92. The number of benzene rings is 1. The highest BCUT2D eigenvalue weighted by Gasteiger charge is 2.39. The minimum Gasteiger partial charge on any atom is -0.378 e. The lowest BCUT2D eigenvalue weighted by Crippen LogP contribution is -2.56. The summed E-state index contributed by atoms with van der Waals surface area (Å²) in [5.74, 6) is 0.672. The van der Waals surface area contributed by atoms with Crippen molar-refractivity contribution in [2.45, 2.75) is 31.5 Å². The number of nitrogens with zero attached hydrogens (tertiary/aromatic N) is 4. The molecule has 1 fully saturated rings. The van der Waals surface area contributed by atoms with E-state index < -0.39 is 11.5 Å². The minimum absolute atomic E-state index is 0.131. The Kier molecular flexibility index (Phi) is 3.80. The van der Waals surface area contributed by atoms with Crippen LogP contribution in [-0.4, -0.2) is 39.7 Å². The van der Waals surface area contributed by atoms with Crippen LogP contribution in [0.2, 0.25) is 0 Å². The molecule has 4 rings (SSSR count). The Morgan fingerprint density at radius 2 is 1.88 bits per heavy atom. The summed E-state index contributed by atoms with van der Waals surface area (Å²) >= 11 is 0. The van der Waals surface area contributed by atoms with Gasteiger partial charge in [0, 0.05) is 25.8 Å². The Hall–Kier alpha value is -2.67. The maximum atomic E-state index is 11.6. The Bertz CT molecular complexity index is 787. The van der Waals surface area contributed by atoms with E-state index in [1.807, 2.05) is 23.1 Å². The summed E-state index contributed by atoms with van der Waals surface area (Å²) in [6.45, 7) is 2.46. The first-order chi connectivity index (χ1) is 12.0. The second kappa shape index (κ2) is 6.00. The van der Waals surface area contributed by atoms with Crippen molar-refractivity contribution in [3.8, 4) is 0 Å².